The minimum absolute atomic E-state index is 0.0160. The predicted molar refractivity (Wildman–Crippen MR) is 82.3 cm³/mol. The van der Waals surface area contributed by atoms with E-state index < -0.39 is 5.97 Å². The lowest BCUT2D eigenvalue weighted by Crippen LogP contribution is -2.32. The first-order valence-electron chi connectivity index (χ1n) is 5.66. The van der Waals surface area contributed by atoms with Gasteiger partial charge in [-0.05, 0) is 33.6 Å². The average Bonchev–Trinajstić information content (AvgIpc) is 2.38. The number of carboxylic acids is 1. The Morgan fingerprint density at radius 3 is 2.84 bits per heavy atom. The maximum Gasteiger partial charge on any atom is 0.323 e. The third-order valence-corrected chi connectivity index (χ3v) is 4.21. The lowest BCUT2D eigenvalue weighted by atomic mass is 10.00. The summed E-state index contributed by atoms with van der Waals surface area (Å²) in [7, 11) is 1.61. The Bertz CT molecular complexity index is 543. The SMILES string of the molecule is COc1cc2c(cc1Br)N(CC(=O)O)CC=C2CBr. The quantitative estimate of drug-likeness (QED) is 0.802. The molecule has 0 fully saturated rings. The van der Waals surface area contributed by atoms with E-state index in [1.807, 2.05) is 23.1 Å². The second-order valence-corrected chi connectivity index (χ2v) is 5.56. The van der Waals surface area contributed by atoms with Gasteiger partial charge in [-0.2, -0.15) is 0 Å². The first kappa shape index (κ1) is 14.4. The van der Waals surface area contributed by atoms with Crippen LogP contribution >= 0.6 is 31.9 Å². The number of anilines is 1. The highest BCUT2D eigenvalue weighted by Crippen LogP contribution is 2.39. The number of hydrogen-bond donors (Lipinski definition) is 1. The van der Waals surface area contributed by atoms with Crippen molar-refractivity contribution in [3.05, 3.63) is 28.2 Å². The Kier molecular flexibility index (Phi) is 4.52. The molecule has 1 aliphatic rings. The van der Waals surface area contributed by atoms with Gasteiger partial charge in [-0.25, -0.2) is 0 Å². The van der Waals surface area contributed by atoms with Crippen LogP contribution in [0.25, 0.3) is 5.57 Å². The lowest BCUT2D eigenvalue weighted by molar-refractivity contribution is -0.135. The summed E-state index contributed by atoms with van der Waals surface area (Å²) in [4.78, 5) is 12.8. The van der Waals surface area contributed by atoms with Crippen molar-refractivity contribution in [2.24, 2.45) is 0 Å². The smallest absolute Gasteiger partial charge is 0.323 e. The molecule has 4 nitrogen and oxygen atoms in total. The van der Waals surface area contributed by atoms with Crippen molar-refractivity contribution in [2.45, 2.75) is 0 Å². The number of rotatable bonds is 4. The highest BCUT2D eigenvalue weighted by Gasteiger charge is 2.22. The summed E-state index contributed by atoms with van der Waals surface area (Å²) >= 11 is 6.90. The molecular formula is C13H13Br2NO3. The number of ether oxygens (including phenoxy) is 1. The maximum atomic E-state index is 10.9. The molecule has 1 heterocycles. The van der Waals surface area contributed by atoms with E-state index in [0.717, 1.165) is 32.4 Å². The van der Waals surface area contributed by atoms with Gasteiger partial charge >= 0.3 is 5.97 Å². The van der Waals surface area contributed by atoms with Crippen LogP contribution in [0.3, 0.4) is 0 Å². The van der Waals surface area contributed by atoms with Crippen molar-refractivity contribution in [2.75, 3.05) is 30.4 Å². The zero-order valence-electron chi connectivity index (χ0n) is 10.3. The van der Waals surface area contributed by atoms with Gasteiger partial charge in [0.25, 0.3) is 0 Å². The Labute approximate surface area is 128 Å². The zero-order valence-corrected chi connectivity index (χ0v) is 13.5. The third-order valence-electron chi connectivity index (χ3n) is 2.98. The van der Waals surface area contributed by atoms with Crippen LogP contribution in [0.5, 0.6) is 5.75 Å². The molecule has 1 N–H and O–H groups in total. The molecule has 0 radical (unpaired) electrons. The van der Waals surface area contributed by atoms with Crippen LogP contribution < -0.4 is 9.64 Å². The van der Waals surface area contributed by atoms with Crippen LogP contribution in [-0.4, -0.2) is 36.6 Å². The number of carboxylic acid groups (broad SMARTS) is 1. The van der Waals surface area contributed by atoms with Crippen LogP contribution in [0.4, 0.5) is 5.69 Å². The largest absolute Gasteiger partial charge is 0.496 e. The molecule has 0 aliphatic carbocycles. The van der Waals surface area contributed by atoms with Gasteiger partial charge in [-0.1, -0.05) is 22.0 Å². The fraction of sp³-hybridized carbons (Fsp3) is 0.308. The van der Waals surface area contributed by atoms with Crippen molar-refractivity contribution in [1.29, 1.82) is 0 Å². The molecule has 19 heavy (non-hydrogen) atoms. The van der Waals surface area contributed by atoms with E-state index in [1.54, 1.807) is 7.11 Å². The second kappa shape index (κ2) is 5.96. The molecule has 1 aromatic rings. The van der Waals surface area contributed by atoms with Crippen LogP contribution in [0, 0.1) is 0 Å². The van der Waals surface area contributed by atoms with Crippen molar-refractivity contribution in [1.82, 2.24) is 0 Å². The van der Waals surface area contributed by atoms with E-state index in [-0.39, 0.29) is 6.54 Å². The van der Waals surface area contributed by atoms with Gasteiger partial charge in [-0.15, -0.1) is 0 Å². The number of alkyl halides is 1. The van der Waals surface area contributed by atoms with E-state index in [4.69, 9.17) is 9.84 Å². The van der Waals surface area contributed by atoms with E-state index in [1.165, 1.54) is 0 Å². The van der Waals surface area contributed by atoms with E-state index in [0.29, 0.717) is 6.54 Å². The number of nitrogens with zero attached hydrogens (tertiary/aromatic N) is 1. The predicted octanol–water partition coefficient (Wildman–Crippen LogP) is 3.14. The van der Waals surface area contributed by atoms with E-state index in [2.05, 4.69) is 31.9 Å². The summed E-state index contributed by atoms with van der Waals surface area (Å²) in [6.07, 6.45) is 2.04. The lowest BCUT2D eigenvalue weighted by Gasteiger charge is -2.30. The van der Waals surface area contributed by atoms with E-state index in [9.17, 15) is 4.79 Å². The fourth-order valence-electron chi connectivity index (χ4n) is 2.09. The molecule has 0 spiro atoms. The van der Waals surface area contributed by atoms with Gasteiger partial charge in [0.1, 0.15) is 12.3 Å². The monoisotopic (exact) mass is 389 g/mol. The zero-order chi connectivity index (χ0) is 14.0. The fourth-order valence-corrected chi connectivity index (χ4v) is 3.11. The van der Waals surface area contributed by atoms with Gasteiger partial charge in [0.05, 0.1) is 11.6 Å². The van der Waals surface area contributed by atoms with Crippen molar-refractivity contribution >= 4 is 49.1 Å². The number of hydrogen-bond acceptors (Lipinski definition) is 3. The number of allylic oxidation sites excluding steroid dienone is 1. The van der Waals surface area contributed by atoms with Gasteiger partial charge in [-0.3, -0.25) is 4.79 Å². The maximum absolute atomic E-state index is 10.9. The summed E-state index contributed by atoms with van der Waals surface area (Å²) in [5, 5.41) is 9.70. The standard InChI is InChI=1S/C13H13Br2NO3/c1-19-12-4-9-8(6-14)2-3-16(7-13(17)18)11(9)5-10(12)15/h2,4-5H,3,6-7H2,1H3,(H,17,18). The van der Waals surface area contributed by atoms with Crippen LogP contribution in [-0.2, 0) is 4.79 Å². The molecule has 0 saturated carbocycles. The highest BCUT2D eigenvalue weighted by atomic mass is 79.9. The van der Waals surface area contributed by atoms with Gasteiger partial charge < -0.3 is 14.7 Å². The van der Waals surface area contributed by atoms with Gasteiger partial charge in [0, 0.05) is 23.1 Å². The van der Waals surface area contributed by atoms with Gasteiger partial charge in [0.2, 0.25) is 0 Å². The molecule has 2 rings (SSSR count). The van der Waals surface area contributed by atoms with Crippen LogP contribution in [0.15, 0.2) is 22.7 Å². The summed E-state index contributed by atoms with van der Waals surface area (Å²) < 4.78 is 6.12. The second-order valence-electron chi connectivity index (χ2n) is 4.14. The molecule has 6 heteroatoms. The minimum Gasteiger partial charge on any atom is -0.496 e. The van der Waals surface area contributed by atoms with Crippen LogP contribution in [0.1, 0.15) is 5.56 Å². The Hall–Kier alpha value is -1.01. The summed E-state index contributed by atoms with van der Waals surface area (Å²) in [5.41, 5.74) is 3.05. The number of carbonyl (C=O) groups is 1. The molecule has 0 unspecified atom stereocenters. The third kappa shape index (κ3) is 2.95. The van der Waals surface area contributed by atoms with Crippen molar-refractivity contribution in [3.8, 4) is 5.75 Å². The Balaban J connectivity index is 2.50. The molecule has 102 valence electrons. The van der Waals surface area contributed by atoms with Crippen molar-refractivity contribution in [3.63, 3.8) is 0 Å². The molecular weight excluding hydrogens is 378 g/mol. The van der Waals surface area contributed by atoms with E-state index >= 15 is 0 Å². The molecule has 0 aromatic heterocycles. The summed E-state index contributed by atoms with van der Waals surface area (Å²) in [6, 6.07) is 3.84. The topological polar surface area (TPSA) is 49.8 Å². The molecule has 0 saturated heterocycles. The minimum atomic E-state index is -0.839. The van der Waals surface area contributed by atoms with Crippen LogP contribution in [0.2, 0.25) is 0 Å². The molecule has 0 bridgehead atoms. The van der Waals surface area contributed by atoms with Gasteiger partial charge in [0.15, 0.2) is 0 Å². The Morgan fingerprint density at radius 2 is 2.26 bits per heavy atom. The number of halogens is 2. The summed E-state index contributed by atoms with van der Waals surface area (Å²) in [6.45, 7) is 0.580. The normalized spacial score (nSPS) is 13.8. The average molecular weight is 391 g/mol. The summed E-state index contributed by atoms with van der Waals surface area (Å²) in [5.74, 6) is -0.101. The van der Waals surface area contributed by atoms with Crippen molar-refractivity contribution < 1.29 is 14.6 Å². The Morgan fingerprint density at radius 1 is 1.53 bits per heavy atom. The first-order valence-corrected chi connectivity index (χ1v) is 7.58. The number of methoxy groups -OCH3 is 1. The number of aliphatic carboxylic acids is 1. The molecule has 0 amide bonds. The highest BCUT2D eigenvalue weighted by molar-refractivity contribution is 9.10. The number of fused-ring (bicyclic) bond motifs is 1. The first-order chi connectivity index (χ1) is 9.06. The molecule has 0 atom stereocenters. The number of benzene rings is 1. The molecule has 1 aliphatic heterocycles. The molecule has 1 aromatic carbocycles.